The maximum Gasteiger partial charge on any atom is 0.270 e. The molecule has 0 spiro atoms. The minimum atomic E-state index is -0.00500. The van der Waals surface area contributed by atoms with Crippen LogP contribution in [0.5, 0.6) is 0 Å². The zero-order valence-corrected chi connectivity index (χ0v) is 12.9. The van der Waals surface area contributed by atoms with Crippen LogP contribution in [0.15, 0.2) is 23.0 Å². The van der Waals surface area contributed by atoms with Crippen molar-refractivity contribution in [2.24, 2.45) is 0 Å². The lowest BCUT2D eigenvalue weighted by atomic mass is 10.0. The van der Waals surface area contributed by atoms with Crippen molar-refractivity contribution in [1.29, 1.82) is 0 Å². The average Bonchev–Trinajstić information content (AvgIpc) is 2.95. The number of nitrogens with zero attached hydrogens (tertiary/aromatic N) is 2. The van der Waals surface area contributed by atoms with Crippen LogP contribution in [0.4, 0.5) is 0 Å². The molecule has 1 N–H and O–H groups in total. The third-order valence-electron chi connectivity index (χ3n) is 3.26. The maximum atomic E-state index is 12.6. The van der Waals surface area contributed by atoms with Gasteiger partial charge in [-0.15, -0.1) is 0 Å². The molecule has 0 saturated carbocycles. The number of benzene rings is 1. The van der Waals surface area contributed by atoms with E-state index in [1.54, 1.807) is 8.26 Å². The van der Waals surface area contributed by atoms with Crippen LogP contribution in [0.25, 0.3) is 10.1 Å². The number of hydrogen-bond donors (Lipinski definition) is 1. The molecule has 106 valence electrons. The number of rotatable bonds is 3. The fourth-order valence-corrected chi connectivity index (χ4v) is 4.02. The van der Waals surface area contributed by atoms with E-state index in [1.165, 1.54) is 23.7 Å². The van der Waals surface area contributed by atoms with E-state index in [2.05, 4.69) is 18.6 Å². The van der Waals surface area contributed by atoms with Crippen LogP contribution in [0.3, 0.4) is 0 Å². The summed E-state index contributed by atoms with van der Waals surface area (Å²) >= 11 is 2.67. The van der Waals surface area contributed by atoms with Crippen LogP contribution in [0.2, 0.25) is 0 Å². The van der Waals surface area contributed by atoms with Crippen LogP contribution in [-0.4, -0.2) is 20.7 Å². The molecule has 7 heteroatoms. The number of carbonyl (C=O) groups is 1. The monoisotopic (exact) mass is 309 g/mol. The highest BCUT2D eigenvalue weighted by Gasteiger charge is 2.23. The standard InChI is InChI=1S/C13H15N3O2S2/c1-8(2)9-4-3-5-10-12(9)13(18)16(19-10)7-15-11(17)6-14-20-15/h3-5,8,14H,6-7H2,1-2H3. The highest BCUT2D eigenvalue weighted by atomic mass is 32.2. The van der Waals surface area contributed by atoms with E-state index in [0.717, 1.165) is 15.6 Å². The molecule has 1 fully saturated rings. The molecule has 1 saturated heterocycles. The lowest BCUT2D eigenvalue weighted by molar-refractivity contribution is -0.124. The van der Waals surface area contributed by atoms with E-state index >= 15 is 0 Å². The van der Waals surface area contributed by atoms with Crippen molar-refractivity contribution in [3.63, 3.8) is 0 Å². The highest BCUT2D eigenvalue weighted by Crippen LogP contribution is 2.26. The summed E-state index contributed by atoms with van der Waals surface area (Å²) in [4.78, 5) is 24.2. The third kappa shape index (κ3) is 2.25. The second-order valence-electron chi connectivity index (χ2n) is 4.98. The van der Waals surface area contributed by atoms with E-state index in [-0.39, 0.29) is 11.5 Å². The summed E-state index contributed by atoms with van der Waals surface area (Å²) in [5.74, 6) is 0.308. The van der Waals surface area contributed by atoms with Gasteiger partial charge in [-0.1, -0.05) is 37.5 Å². The van der Waals surface area contributed by atoms with Gasteiger partial charge in [0.1, 0.15) is 6.67 Å². The van der Waals surface area contributed by atoms with Crippen molar-refractivity contribution in [2.75, 3.05) is 6.54 Å². The molecule has 0 atom stereocenters. The van der Waals surface area contributed by atoms with Crippen LogP contribution in [-0.2, 0) is 11.5 Å². The normalized spacial score (nSPS) is 15.8. The second-order valence-corrected chi connectivity index (χ2v) is 6.95. The third-order valence-corrected chi connectivity index (χ3v) is 5.11. The minimum Gasteiger partial charge on any atom is -0.272 e. The lowest BCUT2D eigenvalue weighted by Crippen LogP contribution is -2.27. The Bertz CT molecular complexity index is 720. The summed E-state index contributed by atoms with van der Waals surface area (Å²) in [6, 6.07) is 5.94. The van der Waals surface area contributed by atoms with Crippen molar-refractivity contribution in [3.05, 3.63) is 34.1 Å². The Labute approximate surface area is 125 Å². The van der Waals surface area contributed by atoms with Crippen LogP contribution in [0, 0.1) is 0 Å². The predicted molar refractivity (Wildman–Crippen MR) is 82.6 cm³/mol. The summed E-state index contributed by atoms with van der Waals surface area (Å²) in [5, 5.41) is 0.789. The summed E-state index contributed by atoms with van der Waals surface area (Å²) in [5.41, 5.74) is 1.07. The minimum absolute atomic E-state index is 0.00318. The first-order valence-corrected chi connectivity index (χ1v) is 7.95. The fraction of sp³-hybridized carbons (Fsp3) is 0.385. The van der Waals surface area contributed by atoms with Gasteiger partial charge in [-0.05, 0) is 17.5 Å². The quantitative estimate of drug-likeness (QED) is 0.883. The summed E-state index contributed by atoms with van der Waals surface area (Å²) in [6.45, 7) is 4.79. The first kappa shape index (κ1) is 13.7. The zero-order chi connectivity index (χ0) is 14.3. The van der Waals surface area contributed by atoms with E-state index in [9.17, 15) is 9.59 Å². The Balaban J connectivity index is 2.05. The molecule has 5 nitrogen and oxygen atoms in total. The van der Waals surface area contributed by atoms with Crippen LogP contribution >= 0.6 is 23.7 Å². The molecule has 1 aliphatic rings. The molecule has 1 amide bonds. The molecule has 0 aliphatic carbocycles. The lowest BCUT2D eigenvalue weighted by Gasteiger charge is -2.11. The van der Waals surface area contributed by atoms with Crippen LogP contribution < -0.4 is 10.3 Å². The van der Waals surface area contributed by atoms with Crippen molar-refractivity contribution < 1.29 is 4.79 Å². The van der Waals surface area contributed by atoms with E-state index in [1.807, 2.05) is 18.2 Å². The van der Waals surface area contributed by atoms with Crippen molar-refractivity contribution in [3.8, 4) is 0 Å². The summed E-state index contributed by atoms with van der Waals surface area (Å²) < 4.78 is 7.11. The molecule has 0 unspecified atom stereocenters. The van der Waals surface area contributed by atoms with Gasteiger partial charge in [-0.3, -0.25) is 13.9 Å². The van der Waals surface area contributed by atoms with Crippen molar-refractivity contribution in [2.45, 2.75) is 26.4 Å². The van der Waals surface area contributed by atoms with Gasteiger partial charge >= 0.3 is 0 Å². The SMILES string of the molecule is CC(C)c1cccc2sn(CN3SNCC3=O)c(=O)c12. The molecule has 1 aromatic carbocycles. The summed E-state index contributed by atoms with van der Waals surface area (Å²) in [7, 11) is 0. The van der Waals surface area contributed by atoms with E-state index < -0.39 is 0 Å². The molecule has 0 bridgehead atoms. The van der Waals surface area contributed by atoms with E-state index in [4.69, 9.17) is 0 Å². The maximum absolute atomic E-state index is 12.6. The fourth-order valence-electron chi connectivity index (χ4n) is 2.25. The second kappa shape index (κ2) is 5.23. The van der Waals surface area contributed by atoms with Gasteiger partial charge in [0.15, 0.2) is 0 Å². The average molecular weight is 309 g/mol. The number of fused-ring (bicyclic) bond motifs is 1. The molecule has 1 aliphatic heterocycles. The zero-order valence-electron chi connectivity index (χ0n) is 11.3. The number of hydrogen-bond acceptors (Lipinski definition) is 5. The van der Waals surface area contributed by atoms with Gasteiger partial charge in [0.05, 0.1) is 16.6 Å². The van der Waals surface area contributed by atoms with Gasteiger partial charge < -0.3 is 0 Å². The molecule has 2 heterocycles. The Morgan fingerprint density at radius 1 is 1.35 bits per heavy atom. The first-order valence-electron chi connectivity index (χ1n) is 6.41. The number of nitrogens with one attached hydrogen (secondary N) is 1. The number of amides is 1. The Hall–Kier alpha value is -1.31. The van der Waals surface area contributed by atoms with Crippen LogP contribution in [0.1, 0.15) is 25.3 Å². The molecule has 3 rings (SSSR count). The molecular weight excluding hydrogens is 294 g/mol. The number of aromatic nitrogens is 1. The smallest absolute Gasteiger partial charge is 0.270 e. The Kier molecular flexibility index (Phi) is 3.57. The van der Waals surface area contributed by atoms with E-state index in [0.29, 0.717) is 19.1 Å². The predicted octanol–water partition coefficient (Wildman–Crippen LogP) is 2.14. The largest absolute Gasteiger partial charge is 0.272 e. The van der Waals surface area contributed by atoms with Gasteiger partial charge in [0.2, 0.25) is 5.91 Å². The highest BCUT2D eigenvalue weighted by molar-refractivity contribution is 7.96. The summed E-state index contributed by atoms with van der Waals surface area (Å²) in [6.07, 6.45) is 0. The first-order chi connectivity index (χ1) is 9.58. The molecule has 20 heavy (non-hydrogen) atoms. The van der Waals surface area contributed by atoms with Crippen molar-refractivity contribution >= 4 is 39.7 Å². The van der Waals surface area contributed by atoms with Gasteiger partial charge in [-0.25, -0.2) is 8.68 Å². The Morgan fingerprint density at radius 2 is 2.15 bits per heavy atom. The molecular formula is C13H15N3O2S2. The molecule has 1 aromatic heterocycles. The number of carbonyl (C=O) groups excluding carboxylic acids is 1. The van der Waals surface area contributed by atoms with Gasteiger partial charge in [0.25, 0.3) is 5.56 Å². The molecule has 2 aromatic rings. The van der Waals surface area contributed by atoms with Crippen molar-refractivity contribution in [1.82, 2.24) is 13.0 Å². The van der Waals surface area contributed by atoms with Gasteiger partial charge in [0, 0.05) is 12.1 Å². The Morgan fingerprint density at radius 3 is 2.80 bits per heavy atom. The topological polar surface area (TPSA) is 54.3 Å². The van der Waals surface area contributed by atoms with Gasteiger partial charge in [-0.2, -0.15) is 0 Å². The molecule has 0 radical (unpaired) electrons.